The number of esters is 2. The average Bonchev–Trinajstić information content (AvgIpc) is 3.22. The number of hydrogen-bond acceptors (Lipinski definition) is 8. The van der Waals surface area contributed by atoms with Gasteiger partial charge in [0.1, 0.15) is 0 Å². The van der Waals surface area contributed by atoms with Gasteiger partial charge in [0.25, 0.3) is 0 Å². The largest absolute Gasteiger partial charge is 0.458 e. The van der Waals surface area contributed by atoms with Crippen LogP contribution in [0.4, 0.5) is 5.69 Å². The van der Waals surface area contributed by atoms with E-state index in [2.05, 4.69) is 41.2 Å². The van der Waals surface area contributed by atoms with Crippen LogP contribution in [0, 0.1) is 17.3 Å². The monoisotopic (exact) mass is 548 g/mol. The molecule has 0 unspecified atom stereocenters. The first-order valence-electron chi connectivity index (χ1n) is 14.3. The van der Waals surface area contributed by atoms with Crippen molar-refractivity contribution >= 4 is 29.1 Å². The van der Waals surface area contributed by atoms with E-state index in [-0.39, 0.29) is 23.5 Å². The van der Waals surface area contributed by atoms with E-state index in [9.17, 15) is 19.6 Å². The fourth-order valence-corrected chi connectivity index (χ4v) is 8.25. The summed E-state index contributed by atoms with van der Waals surface area (Å²) in [6.45, 7) is 4.35. The minimum atomic E-state index is -1.35. The van der Waals surface area contributed by atoms with Gasteiger partial charge >= 0.3 is 11.9 Å². The average molecular weight is 549 g/mol. The maximum absolute atomic E-state index is 13.9. The lowest BCUT2D eigenvalue weighted by Gasteiger charge is -2.55. The highest BCUT2D eigenvalue weighted by Crippen LogP contribution is 2.67. The predicted molar refractivity (Wildman–Crippen MR) is 151 cm³/mol. The molecule has 2 saturated carbocycles. The topological polar surface area (TPSA) is 106 Å². The lowest BCUT2D eigenvalue weighted by molar-refractivity contribution is -0.186. The summed E-state index contributed by atoms with van der Waals surface area (Å²) >= 11 is 0. The second-order valence-corrected chi connectivity index (χ2v) is 12.3. The molecule has 0 amide bonds. The van der Waals surface area contributed by atoms with Gasteiger partial charge in [-0.15, -0.1) is 0 Å². The van der Waals surface area contributed by atoms with E-state index >= 15 is 0 Å². The number of carbonyl (C=O) groups excluding carboxylic acids is 3. The first-order chi connectivity index (χ1) is 19.0. The molecule has 4 aliphatic rings. The Bertz CT molecular complexity index is 1310. The Kier molecular flexibility index (Phi) is 7.40. The van der Waals surface area contributed by atoms with Gasteiger partial charge in [-0.2, -0.15) is 0 Å². The highest BCUT2D eigenvalue weighted by Gasteiger charge is 2.68. The number of ether oxygens (including phenoxy) is 2. The van der Waals surface area contributed by atoms with Crippen LogP contribution in [0.3, 0.4) is 0 Å². The van der Waals surface area contributed by atoms with Gasteiger partial charge in [-0.3, -0.25) is 14.4 Å². The second-order valence-electron chi connectivity index (χ2n) is 12.3. The molecular formula is C32H40N2O6. The van der Waals surface area contributed by atoms with E-state index in [1.165, 1.54) is 36.1 Å². The fourth-order valence-electron chi connectivity index (χ4n) is 8.25. The Morgan fingerprint density at radius 3 is 2.40 bits per heavy atom. The van der Waals surface area contributed by atoms with Crippen LogP contribution in [0.25, 0.3) is 0 Å². The van der Waals surface area contributed by atoms with Gasteiger partial charge in [0, 0.05) is 45.0 Å². The summed E-state index contributed by atoms with van der Waals surface area (Å²) in [5.41, 5.74) is 5.06. The first kappa shape index (κ1) is 28.1. The van der Waals surface area contributed by atoms with E-state index in [1.54, 1.807) is 0 Å². The zero-order valence-electron chi connectivity index (χ0n) is 24.2. The van der Waals surface area contributed by atoms with Gasteiger partial charge in [-0.25, -0.2) is 0 Å². The molecule has 5 atom stereocenters. The number of fused-ring (bicyclic) bond motifs is 4. The molecule has 0 aliphatic heterocycles. The second kappa shape index (κ2) is 10.5. The first-order valence-corrected chi connectivity index (χ1v) is 14.3. The normalized spacial score (nSPS) is 32.0. The molecule has 4 aliphatic carbocycles. The SMILES string of the molecule is CC(=O)OCC(=O)[C@@]1(OC(C)=O)CC[C@H]2[C@@H]3CCC4=C/C(=N\O)CCC4=C3[C@@H](c3ccc(N(C)C)cc3)C[C@@]21C. The lowest BCUT2D eigenvalue weighted by Crippen LogP contribution is -2.58. The number of benzene rings is 1. The summed E-state index contributed by atoms with van der Waals surface area (Å²) in [7, 11) is 4.03. The van der Waals surface area contributed by atoms with Crippen LogP contribution in [0.5, 0.6) is 0 Å². The van der Waals surface area contributed by atoms with Crippen molar-refractivity contribution in [3.63, 3.8) is 0 Å². The molecule has 8 heteroatoms. The molecule has 214 valence electrons. The van der Waals surface area contributed by atoms with E-state index in [0.717, 1.165) is 37.1 Å². The van der Waals surface area contributed by atoms with E-state index < -0.39 is 29.6 Å². The Morgan fingerprint density at radius 2 is 1.77 bits per heavy atom. The van der Waals surface area contributed by atoms with Crippen molar-refractivity contribution in [1.82, 2.24) is 0 Å². The zero-order valence-corrected chi connectivity index (χ0v) is 24.2. The van der Waals surface area contributed by atoms with Crippen LogP contribution in [-0.2, 0) is 23.9 Å². The van der Waals surface area contributed by atoms with Crippen LogP contribution in [0.1, 0.15) is 77.2 Å². The molecule has 1 N–H and O–H groups in total. The van der Waals surface area contributed by atoms with Gasteiger partial charge < -0.3 is 19.6 Å². The number of hydrogen-bond donors (Lipinski definition) is 1. The number of nitrogens with zero attached hydrogens (tertiary/aromatic N) is 2. The number of Topliss-reactive ketones (excluding diaryl/α,β-unsaturated/α-hetero) is 1. The molecule has 0 bridgehead atoms. The molecule has 0 saturated heterocycles. The van der Waals surface area contributed by atoms with Gasteiger partial charge in [0.2, 0.25) is 5.78 Å². The Labute approximate surface area is 236 Å². The standard InChI is InChI=1S/C32H40N2O6/c1-19(35)39-18-29(37)32(40-20(2)36)15-14-28-26-12-8-22-16-23(33-38)9-13-25(22)30(26)27(17-31(28,32)3)21-6-10-24(11-7-21)34(4)5/h6-7,10-11,16,26-28,38H,8-9,12-15,17-18H2,1-5H3/b33-23-/t26-,27+,28-,31-,32-/m0/s1. The number of ketones is 1. The van der Waals surface area contributed by atoms with Crippen molar-refractivity contribution in [1.29, 1.82) is 0 Å². The Balaban J connectivity index is 1.66. The molecule has 8 nitrogen and oxygen atoms in total. The summed E-state index contributed by atoms with van der Waals surface area (Å²) in [5, 5.41) is 12.9. The lowest BCUT2D eigenvalue weighted by atomic mass is 9.50. The summed E-state index contributed by atoms with van der Waals surface area (Å²) in [4.78, 5) is 40.1. The van der Waals surface area contributed by atoms with E-state index in [1.807, 2.05) is 20.2 Å². The minimum absolute atomic E-state index is 0.0309. The number of anilines is 1. The molecule has 1 aromatic carbocycles. The maximum atomic E-state index is 13.9. The number of oxime groups is 1. The number of allylic oxidation sites excluding steroid dienone is 4. The summed E-state index contributed by atoms with van der Waals surface area (Å²) in [6, 6.07) is 8.61. The van der Waals surface area contributed by atoms with Crippen molar-refractivity contribution in [3.05, 3.63) is 52.6 Å². The van der Waals surface area contributed by atoms with Gasteiger partial charge in [-0.1, -0.05) is 29.8 Å². The Morgan fingerprint density at radius 1 is 1.05 bits per heavy atom. The summed E-state index contributed by atoms with van der Waals surface area (Å²) < 4.78 is 11.2. The number of rotatable bonds is 6. The molecule has 1 aromatic rings. The van der Waals surface area contributed by atoms with Crippen molar-refractivity contribution in [3.8, 4) is 0 Å². The van der Waals surface area contributed by atoms with Gasteiger partial charge in [0.15, 0.2) is 12.2 Å². The smallest absolute Gasteiger partial charge is 0.303 e. The Hall–Kier alpha value is -3.42. The van der Waals surface area contributed by atoms with Crippen molar-refractivity contribution < 1.29 is 29.1 Å². The summed E-state index contributed by atoms with van der Waals surface area (Å²) in [6.07, 6.45) is 7.18. The van der Waals surface area contributed by atoms with Crippen LogP contribution in [0.15, 0.2) is 52.2 Å². The quantitative estimate of drug-likeness (QED) is 0.290. The highest BCUT2D eigenvalue weighted by molar-refractivity contribution is 5.97. The van der Waals surface area contributed by atoms with E-state index in [4.69, 9.17) is 9.47 Å². The third-order valence-electron chi connectivity index (χ3n) is 9.99. The van der Waals surface area contributed by atoms with Gasteiger partial charge in [0.05, 0.1) is 5.71 Å². The van der Waals surface area contributed by atoms with Crippen LogP contribution in [0.2, 0.25) is 0 Å². The highest BCUT2D eigenvalue weighted by atomic mass is 16.6. The number of carbonyl (C=O) groups is 3. The third-order valence-corrected chi connectivity index (χ3v) is 9.99. The van der Waals surface area contributed by atoms with E-state index in [0.29, 0.717) is 19.3 Å². The van der Waals surface area contributed by atoms with Crippen LogP contribution in [-0.4, -0.2) is 54.9 Å². The third kappa shape index (κ3) is 4.55. The van der Waals surface area contributed by atoms with Crippen molar-refractivity contribution in [2.45, 2.75) is 77.2 Å². The predicted octanol–water partition coefficient (Wildman–Crippen LogP) is 5.35. The summed E-state index contributed by atoms with van der Waals surface area (Å²) in [5.74, 6) is -0.957. The molecule has 0 radical (unpaired) electrons. The zero-order chi connectivity index (χ0) is 28.8. The van der Waals surface area contributed by atoms with Crippen molar-refractivity contribution in [2.75, 3.05) is 25.6 Å². The van der Waals surface area contributed by atoms with Crippen LogP contribution >= 0.6 is 0 Å². The molecule has 40 heavy (non-hydrogen) atoms. The molecule has 0 aromatic heterocycles. The minimum Gasteiger partial charge on any atom is -0.458 e. The van der Waals surface area contributed by atoms with Crippen LogP contribution < -0.4 is 4.90 Å². The van der Waals surface area contributed by atoms with Crippen molar-refractivity contribution in [2.24, 2.45) is 22.4 Å². The maximum Gasteiger partial charge on any atom is 0.303 e. The molecule has 5 rings (SSSR count). The molecule has 0 spiro atoms. The molecule has 0 heterocycles. The molecule has 2 fully saturated rings. The fraction of sp³-hybridized carbons (Fsp3) is 0.562. The van der Waals surface area contributed by atoms with Gasteiger partial charge in [-0.05, 0) is 91.7 Å². The molecular weight excluding hydrogens is 508 g/mol.